The number of nitrogens with zero attached hydrogens (tertiary/aromatic N) is 2. The Balaban J connectivity index is 2.16. The van der Waals surface area contributed by atoms with E-state index >= 15 is 0 Å². The molecule has 104 valence electrons. The number of aromatic carboxylic acids is 2. The van der Waals surface area contributed by atoms with Crippen LogP contribution in [0, 0.1) is 0 Å². The van der Waals surface area contributed by atoms with Crippen molar-refractivity contribution in [3.63, 3.8) is 0 Å². The number of carboxylic acid groups (broad SMARTS) is 2. The molecule has 2 aliphatic rings. The smallest absolute Gasteiger partial charge is 0.338 e. The molecular weight excluding hydrogens is 274 g/mol. The Morgan fingerprint density at radius 3 is 2.57 bits per heavy atom. The molecule has 1 aromatic heterocycles. The lowest BCUT2D eigenvalue weighted by Gasteiger charge is -2.05. The molecule has 0 spiro atoms. The lowest BCUT2D eigenvalue weighted by molar-refractivity contribution is 0.0652. The molecule has 0 unspecified atom stereocenters. The molecule has 0 bridgehead atoms. The molecule has 3 N–H and O–H groups in total. The van der Waals surface area contributed by atoms with E-state index in [9.17, 15) is 14.7 Å². The molecule has 1 aromatic rings. The lowest BCUT2D eigenvalue weighted by atomic mass is 10.0. The van der Waals surface area contributed by atoms with Crippen LogP contribution in [-0.4, -0.2) is 39.1 Å². The largest absolute Gasteiger partial charge is 0.478 e. The minimum Gasteiger partial charge on any atom is -0.478 e. The number of aromatic amines is 1. The molecular formula is C14H9N3O4. The van der Waals surface area contributed by atoms with Crippen molar-refractivity contribution < 1.29 is 19.8 Å². The van der Waals surface area contributed by atoms with Crippen LogP contribution in [0.3, 0.4) is 0 Å². The first-order valence-corrected chi connectivity index (χ1v) is 5.97. The minimum atomic E-state index is -1.33. The second-order valence-electron chi connectivity index (χ2n) is 4.29. The van der Waals surface area contributed by atoms with Crippen molar-refractivity contribution in [1.82, 2.24) is 4.98 Å². The minimum absolute atomic E-state index is 0.155. The van der Waals surface area contributed by atoms with Crippen molar-refractivity contribution in [2.75, 3.05) is 0 Å². The summed E-state index contributed by atoms with van der Waals surface area (Å²) >= 11 is 0. The molecule has 0 fully saturated rings. The van der Waals surface area contributed by atoms with E-state index in [0.29, 0.717) is 17.0 Å². The topological polar surface area (TPSA) is 115 Å². The van der Waals surface area contributed by atoms with E-state index in [2.05, 4.69) is 15.0 Å². The van der Waals surface area contributed by atoms with Gasteiger partial charge < -0.3 is 15.2 Å². The SMILES string of the molecule is O=C(O)c1c[nH]c(C2=NC=CC2=C2C=CC=N2)c1C(=O)O. The van der Waals surface area contributed by atoms with Crippen LogP contribution in [0.5, 0.6) is 0 Å². The first kappa shape index (κ1) is 12.8. The Bertz CT molecular complexity index is 792. The van der Waals surface area contributed by atoms with Gasteiger partial charge in [-0.2, -0.15) is 0 Å². The first-order valence-electron chi connectivity index (χ1n) is 5.97. The normalized spacial score (nSPS) is 19.3. The van der Waals surface area contributed by atoms with E-state index in [-0.39, 0.29) is 16.8 Å². The number of aromatic nitrogens is 1. The van der Waals surface area contributed by atoms with E-state index < -0.39 is 11.9 Å². The van der Waals surface area contributed by atoms with Crippen LogP contribution in [0.2, 0.25) is 0 Å². The maximum absolute atomic E-state index is 11.4. The molecule has 3 heterocycles. The number of hydrogen-bond donors (Lipinski definition) is 3. The molecule has 7 nitrogen and oxygen atoms in total. The number of nitrogens with one attached hydrogen (secondary N) is 1. The van der Waals surface area contributed by atoms with E-state index in [0.717, 1.165) is 6.20 Å². The summed E-state index contributed by atoms with van der Waals surface area (Å²) in [6.07, 6.45) is 9.50. The van der Waals surface area contributed by atoms with E-state index in [1.165, 1.54) is 6.20 Å². The molecule has 0 aromatic carbocycles. The fourth-order valence-corrected chi connectivity index (χ4v) is 2.20. The molecule has 0 amide bonds. The summed E-state index contributed by atoms with van der Waals surface area (Å²) < 4.78 is 0. The van der Waals surface area contributed by atoms with Crippen molar-refractivity contribution in [3.8, 4) is 0 Å². The molecule has 0 aliphatic carbocycles. The summed E-state index contributed by atoms with van der Waals surface area (Å²) in [5, 5.41) is 18.3. The third kappa shape index (κ3) is 2.00. The highest BCUT2D eigenvalue weighted by atomic mass is 16.4. The zero-order valence-electron chi connectivity index (χ0n) is 10.6. The number of aliphatic imine (C=N–C) groups is 2. The van der Waals surface area contributed by atoms with Crippen LogP contribution in [0.4, 0.5) is 0 Å². The molecule has 2 aliphatic heterocycles. The predicted octanol–water partition coefficient (Wildman–Crippen LogP) is 1.62. The van der Waals surface area contributed by atoms with E-state index in [4.69, 9.17) is 5.11 Å². The van der Waals surface area contributed by atoms with Crippen LogP contribution in [0.1, 0.15) is 26.4 Å². The Hall–Kier alpha value is -3.22. The van der Waals surface area contributed by atoms with Crippen molar-refractivity contribution in [2.45, 2.75) is 0 Å². The number of rotatable bonds is 3. The average Bonchev–Trinajstić information content (AvgIpc) is 3.17. The lowest BCUT2D eigenvalue weighted by Crippen LogP contribution is -2.12. The molecule has 0 atom stereocenters. The average molecular weight is 283 g/mol. The van der Waals surface area contributed by atoms with Crippen LogP contribution >= 0.6 is 0 Å². The Labute approximate surface area is 118 Å². The molecule has 3 rings (SSSR count). The second kappa shape index (κ2) is 4.71. The summed E-state index contributed by atoms with van der Waals surface area (Å²) in [7, 11) is 0. The van der Waals surface area contributed by atoms with Gasteiger partial charge in [0.25, 0.3) is 0 Å². The Morgan fingerprint density at radius 2 is 1.95 bits per heavy atom. The fraction of sp³-hybridized carbons (Fsp3) is 0. The van der Waals surface area contributed by atoms with E-state index in [1.807, 2.05) is 0 Å². The van der Waals surface area contributed by atoms with Crippen molar-refractivity contribution in [1.29, 1.82) is 0 Å². The summed E-state index contributed by atoms with van der Waals surface area (Å²) in [4.78, 5) is 33.4. The van der Waals surface area contributed by atoms with Gasteiger partial charge in [-0.15, -0.1) is 0 Å². The Kier molecular flexibility index (Phi) is 2.87. The van der Waals surface area contributed by atoms with E-state index in [1.54, 1.807) is 24.4 Å². The monoisotopic (exact) mass is 283 g/mol. The van der Waals surface area contributed by atoms with Gasteiger partial charge >= 0.3 is 11.9 Å². The highest BCUT2D eigenvalue weighted by molar-refractivity contribution is 6.21. The van der Waals surface area contributed by atoms with Crippen molar-refractivity contribution in [2.24, 2.45) is 9.98 Å². The van der Waals surface area contributed by atoms with Gasteiger partial charge in [-0.3, -0.25) is 9.98 Å². The van der Waals surface area contributed by atoms with Gasteiger partial charge in [0.1, 0.15) is 5.56 Å². The first-order chi connectivity index (χ1) is 10.1. The molecule has 0 saturated carbocycles. The summed E-state index contributed by atoms with van der Waals surface area (Å²) in [6.45, 7) is 0. The molecule has 0 saturated heterocycles. The van der Waals surface area contributed by atoms with Crippen LogP contribution in [0.15, 0.2) is 51.9 Å². The number of carbonyl (C=O) groups is 2. The summed E-state index contributed by atoms with van der Waals surface area (Å²) in [5.41, 5.74) is 1.18. The third-order valence-corrected chi connectivity index (χ3v) is 3.09. The van der Waals surface area contributed by atoms with Crippen LogP contribution in [0.25, 0.3) is 0 Å². The quantitative estimate of drug-likeness (QED) is 0.781. The maximum atomic E-state index is 11.4. The summed E-state index contributed by atoms with van der Waals surface area (Å²) in [5.74, 6) is -2.64. The maximum Gasteiger partial charge on any atom is 0.338 e. The highest BCUT2D eigenvalue weighted by Crippen LogP contribution is 2.26. The van der Waals surface area contributed by atoms with Gasteiger partial charge in [-0.05, 0) is 18.2 Å². The van der Waals surface area contributed by atoms with Crippen molar-refractivity contribution >= 4 is 23.9 Å². The molecule has 21 heavy (non-hydrogen) atoms. The van der Waals surface area contributed by atoms with Gasteiger partial charge in [0, 0.05) is 24.2 Å². The summed E-state index contributed by atoms with van der Waals surface area (Å²) in [6, 6.07) is 0. The fourth-order valence-electron chi connectivity index (χ4n) is 2.20. The number of H-pyrrole nitrogens is 1. The molecule has 7 heteroatoms. The highest BCUT2D eigenvalue weighted by Gasteiger charge is 2.28. The van der Waals surface area contributed by atoms with Gasteiger partial charge in [0.05, 0.1) is 22.7 Å². The predicted molar refractivity (Wildman–Crippen MR) is 75.0 cm³/mol. The zero-order valence-corrected chi connectivity index (χ0v) is 10.6. The number of allylic oxidation sites excluding steroid dienone is 4. The second-order valence-corrected chi connectivity index (χ2v) is 4.29. The van der Waals surface area contributed by atoms with Crippen LogP contribution in [-0.2, 0) is 0 Å². The number of hydrogen-bond acceptors (Lipinski definition) is 4. The van der Waals surface area contributed by atoms with Gasteiger partial charge in [-0.1, -0.05) is 0 Å². The molecule has 0 radical (unpaired) electrons. The van der Waals surface area contributed by atoms with Crippen molar-refractivity contribution in [3.05, 3.63) is 58.7 Å². The Morgan fingerprint density at radius 1 is 1.14 bits per heavy atom. The number of carboxylic acids is 2. The third-order valence-electron chi connectivity index (χ3n) is 3.09. The standard InChI is InChI=1S/C14H9N3O4/c18-13(19)8-6-17-12(10(8)14(20)21)11-7(3-5-16-11)9-2-1-4-15-9/h1-6,17H,(H,18,19)(H,20,21). The van der Waals surface area contributed by atoms with Gasteiger partial charge in [0.15, 0.2) is 0 Å². The van der Waals surface area contributed by atoms with Gasteiger partial charge in [-0.25, -0.2) is 9.59 Å². The zero-order chi connectivity index (χ0) is 15.0. The van der Waals surface area contributed by atoms with Gasteiger partial charge in [0.2, 0.25) is 0 Å². The van der Waals surface area contributed by atoms with Crippen LogP contribution < -0.4 is 0 Å².